The quantitative estimate of drug-likeness (QED) is 0.639. The van der Waals surface area contributed by atoms with Crippen molar-refractivity contribution in [1.82, 2.24) is 5.32 Å². The van der Waals surface area contributed by atoms with E-state index in [1.807, 2.05) is 6.92 Å². The zero-order valence-corrected chi connectivity index (χ0v) is 8.90. The Labute approximate surface area is 82.3 Å². The third kappa shape index (κ3) is 3.40. The van der Waals surface area contributed by atoms with Gasteiger partial charge in [0.15, 0.2) is 0 Å². The molecule has 0 spiro atoms. The van der Waals surface area contributed by atoms with Crippen LogP contribution in [0.2, 0.25) is 0 Å². The van der Waals surface area contributed by atoms with E-state index < -0.39 is 0 Å². The molecule has 0 aliphatic heterocycles. The van der Waals surface area contributed by atoms with E-state index >= 15 is 0 Å². The Morgan fingerprint density at radius 1 is 1.31 bits per heavy atom. The molecule has 74 valence electrons. The monoisotopic (exact) mass is 179 g/mol. The Balaban J connectivity index is 2.08. The first-order valence-corrected chi connectivity index (χ1v) is 5.48. The maximum atomic E-state index is 3.43. The normalized spacial score (nSPS) is 26.0. The van der Waals surface area contributed by atoms with Crippen molar-refractivity contribution in [2.24, 2.45) is 11.8 Å². The van der Waals surface area contributed by atoms with Crippen LogP contribution in [0, 0.1) is 23.7 Å². The summed E-state index contributed by atoms with van der Waals surface area (Å²) < 4.78 is 0. The highest BCUT2D eigenvalue weighted by Crippen LogP contribution is 2.36. The fraction of sp³-hybridized carbons (Fsp3) is 0.833. The first-order chi connectivity index (χ1) is 6.38. The summed E-state index contributed by atoms with van der Waals surface area (Å²) in [5.41, 5.74) is 0. The van der Waals surface area contributed by atoms with Crippen LogP contribution in [0.4, 0.5) is 0 Å². The smallest absolute Gasteiger partial charge is 0.00913 e. The molecule has 0 aromatic carbocycles. The maximum Gasteiger partial charge on any atom is 0.00913 e. The maximum absolute atomic E-state index is 3.43. The minimum absolute atomic E-state index is 0.943. The van der Waals surface area contributed by atoms with Gasteiger partial charge in [-0.05, 0) is 51.1 Å². The van der Waals surface area contributed by atoms with Crippen molar-refractivity contribution in [3.05, 3.63) is 0 Å². The Kier molecular flexibility index (Phi) is 4.93. The molecule has 1 saturated carbocycles. The van der Waals surface area contributed by atoms with E-state index in [9.17, 15) is 0 Å². The lowest BCUT2D eigenvalue weighted by Crippen LogP contribution is -2.35. The molecule has 0 aromatic heterocycles. The summed E-state index contributed by atoms with van der Waals surface area (Å²) in [5.74, 6) is 8.02. The largest absolute Gasteiger partial charge is 0.317 e. The molecule has 0 bridgehead atoms. The second-order valence-corrected chi connectivity index (χ2v) is 3.87. The standard InChI is InChI=1S/C12H21N/c1-3-5-6-7-11-8-9-12(11)10-13-4-2/h11-13H,4,6-10H2,1-2H3. The SMILES string of the molecule is CC#CCCC1CCC1CNCC. The van der Waals surface area contributed by atoms with Crippen LogP contribution in [0.25, 0.3) is 0 Å². The molecule has 0 amide bonds. The van der Waals surface area contributed by atoms with Crippen molar-refractivity contribution in [2.75, 3.05) is 13.1 Å². The number of hydrogen-bond acceptors (Lipinski definition) is 1. The molecule has 1 nitrogen and oxygen atoms in total. The van der Waals surface area contributed by atoms with E-state index in [1.54, 1.807) is 0 Å². The van der Waals surface area contributed by atoms with Crippen molar-refractivity contribution >= 4 is 0 Å². The van der Waals surface area contributed by atoms with Gasteiger partial charge in [0.25, 0.3) is 0 Å². The lowest BCUT2D eigenvalue weighted by Gasteiger charge is -2.36. The highest BCUT2D eigenvalue weighted by atomic mass is 14.9. The van der Waals surface area contributed by atoms with Crippen molar-refractivity contribution < 1.29 is 0 Å². The van der Waals surface area contributed by atoms with Gasteiger partial charge >= 0.3 is 0 Å². The minimum atomic E-state index is 0.943. The Hall–Kier alpha value is -0.480. The van der Waals surface area contributed by atoms with Crippen molar-refractivity contribution in [3.63, 3.8) is 0 Å². The summed E-state index contributed by atoms with van der Waals surface area (Å²) >= 11 is 0. The predicted molar refractivity (Wildman–Crippen MR) is 57.4 cm³/mol. The molecule has 0 radical (unpaired) electrons. The van der Waals surface area contributed by atoms with Crippen LogP contribution in [0.3, 0.4) is 0 Å². The van der Waals surface area contributed by atoms with Crippen molar-refractivity contribution in [3.8, 4) is 11.8 Å². The van der Waals surface area contributed by atoms with Gasteiger partial charge in [-0.15, -0.1) is 11.8 Å². The topological polar surface area (TPSA) is 12.0 Å². The van der Waals surface area contributed by atoms with Gasteiger partial charge in [-0.1, -0.05) is 6.92 Å². The van der Waals surface area contributed by atoms with E-state index in [0.717, 1.165) is 24.8 Å². The molecular weight excluding hydrogens is 158 g/mol. The van der Waals surface area contributed by atoms with Gasteiger partial charge in [0.2, 0.25) is 0 Å². The van der Waals surface area contributed by atoms with Crippen LogP contribution in [0.15, 0.2) is 0 Å². The highest BCUT2D eigenvalue weighted by Gasteiger charge is 2.29. The first kappa shape index (κ1) is 10.6. The van der Waals surface area contributed by atoms with Gasteiger partial charge in [0, 0.05) is 6.42 Å². The summed E-state index contributed by atoms with van der Waals surface area (Å²) in [4.78, 5) is 0. The van der Waals surface area contributed by atoms with Crippen LogP contribution in [0.5, 0.6) is 0 Å². The van der Waals surface area contributed by atoms with Crippen LogP contribution in [-0.2, 0) is 0 Å². The Morgan fingerprint density at radius 3 is 2.62 bits per heavy atom. The van der Waals surface area contributed by atoms with Gasteiger partial charge in [-0.25, -0.2) is 0 Å². The van der Waals surface area contributed by atoms with E-state index in [0.29, 0.717) is 0 Å². The van der Waals surface area contributed by atoms with Crippen LogP contribution >= 0.6 is 0 Å². The number of hydrogen-bond donors (Lipinski definition) is 1. The molecule has 1 fully saturated rings. The molecule has 1 aliphatic carbocycles. The van der Waals surface area contributed by atoms with Crippen LogP contribution in [0.1, 0.15) is 39.5 Å². The van der Waals surface area contributed by atoms with Gasteiger partial charge in [-0.2, -0.15) is 0 Å². The molecule has 2 unspecified atom stereocenters. The van der Waals surface area contributed by atoms with E-state index in [2.05, 4.69) is 24.1 Å². The molecule has 0 aromatic rings. The van der Waals surface area contributed by atoms with E-state index in [1.165, 1.54) is 25.8 Å². The molecule has 1 N–H and O–H groups in total. The molecule has 1 heteroatoms. The summed E-state index contributed by atoms with van der Waals surface area (Å²) in [5, 5.41) is 3.43. The fourth-order valence-corrected chi connectivity index (χ4v) is 2.00. The lowest BCUT2D eigenvalue weighted by molar-refractivity contribution is 0.163. The summed E-state index contributed by atoms with van der Waals surface area (Å²) in [6, 6.07) is 0. The first-order valence-electron chi connectivity index (χ1n) is 5.48. The van der Waals surface area contributed by atoms with Gasteiger partial charge in [0.1, 0.15) is 0 Å². The van der Waals surface area contributed by atoms with Crippen molar-refractivity contribution in [1.29, 1.82) is 0 Å². The third-order valence-corrected chi connectivity index (χ3v) is 3.05. The van der Waals surface area contributed by atoms with Gasteiger partial charge in [0.05, 0.1) is 0 Å². The Bertz CT molecular complexity index is 187. The zero-order chi connectivity index (χ0) is 9.52. The van der Waals surface area contributed by atoms with E-state index in [-0.39, 0.29) is 0 Å². The third-order valence-electron chi connectivity index (χ3n) is 3.05. The Morgan fingerprint density at radius 2 is 2.08 bits per heavy atom. The molecule has 2 atom stereocenters. The van der Waals surface area contributed by atoms with Gasteiger partial charge in [-0.3, -0.25) is 0 Å². The molecule has 1 aliphatic rings. The second kappa shape index (κ2) is 6.05. The fourth-order valence-electron chi connectivity index (χ4n) is 2.00. The molecule has 13 heavy (non-hydrogen) atoms. The molecule has 1 rings (SSSR count). The summed E-state index contributed by atoms with van der Waals surface area (Å²) in [6.45, 7) is 6.44. The highest BCUT2D eigenvalue weighted by molar-refractivity contribution is 4.96. The average Bonchev–Trinajstić information content (AvgIpc) is 2.11. The summed E-state index contributed by atoms with van der Waals surface area (Å²) in [7, 11) is 0. The molecule has 0 heterocycles. The van der Waals surface area contributed by atoms with Crippen LogP contribution < -0.4 is 5.32 Å². The zero-order valence-electron chi connectivity index (χ0n) is 8.90. The molecular formula is C12H21N. The number of rotatable bonds is 5. The lowest BCUT2D eigenvalue weighted by atomic mass is 9.71. The second-order valence-electron chi connectivity index (χ2n) is 3.87. The predicted octanol–water partition coefficient (Wildman–Crippen LogP) is 2.43. The minimum Gasteiger partial charge on any atom is -0.317 e. The van der Waals surface area contributed by atoms with Gasteiger partial charge < -0.3 is 5.32 Å². The average molecular weight is 179 g/mol. The summed E-state index contributed by atoms with van der Waals surface area (Å²) in [6.07, 6.45) is 5.28. The molecule has 0 saturated heterocycles. The van der Waals surface area contributed by atoms with E-state index in [4.69, 9.17) is 0 Å². The van der Waals surface area contributed by atoms with Crippen LogP contribution in [-0.4, -0.2) is 13.1 Å². The number of nitrogens with one attached hydrogen (secondary N) is 1. The van der Waals surface area contributed by atoms with Crippen molar-refractivity contribution in [2.45, 2.75) is 39.5 Å².